The number of ether oxygens (including phenoxy) is 1. The van der Waals surface area contributed by atoms with Crippen molar-refractivity contribution >= 4 is 0 Å². The Hall–Kier alpha value is -1.74. The van der Waals surface area contributed by atoms with Crippen molar-refractivity contribution in [3.05, 3.63) is 53.5 Å². The molecule has 0 aliphatic heterocycles. The molecule has 0 radical (unpaired) electrons. The Balaban J connectivity index is 1.96. The van der Waals surface area contributed by atoms with Gasteiger partial charge in [0.1, 0.15) is 17.3 Å². The molecule has 0 aliphatic rings. The van der Waals surface area contributed by atoms with Crippen LogP contribution in [0, 0.1) is 6.92 Å². The van der Waals surface area contributed by atoms with Gasteiger partial charge in [-0.15, -0.1) is 0 Å². The smallest absolute Gasteiger partial charge is 0.119 e. The van der Waals surface area contributed by atoms with Crippen LogP contribution in [0.1, 0.15) is 30.0 Å². The predicted molar refractivity (Wildman–Crippen MR) is 71.7 cm³/mol. The molecule has 0 unspecified atom stereocenters. The highest BCUT2D eigenvalue weighted by Gasteiger charge is 2.07. The third kappa shape index (κ3) is 3.14. The Bertz CT molecular complexity index is 505. The van der Waals surface area contributed by atoms with Crippen LogP contribution in [0.4, 0.5) is 0 Å². The quantitative estimate of drug-likeness (QED) is 0.876. The molecule has 0 spiro atoms. The van der Waals surface area contributed by atoms with Gasteiger partial charge in [-0.05, 0) is 43.7 Å². The van der Waals surface area contributed by atoms with Gasteiger partial charge in [-0.1, -0.05) is 12.1 Å². The van der Waals surface area contributed by atoms with Crippen molar-refractivity contribution in [2.75, 3.05) is 7.11 Å². The highest BCUT2D eigenvalue weighted by molar-refractivity contribution is 5.30. The summed E-state index contributed by atoms with van der Waals surface area (Å²) in [5.41, 5.74) is 1.21. The molecule has 1 heterocycles. The Morgan fingerprint density at radius 2 is 2.11 bits per heavy atom. The number of nitrogens with one attached hydrogen (secondary N) is 1. The fourth-order valence-electron chi connectivity index (χ4n) is 1.86. The lowest BCUT2D eigenvalue weighted by atomic mass is 10.1. The molecule has 1 aromatic heterocycles. The first-order valence-electron chi connectivity index (χ1n) is 6.11. The third-order valence-electron chi connectivity index (χ3n) is 2.97. The lowest BCUT2D eigenvalue weighted by molar-refractivity contribution is 0.412. The van der Waals surface area contributed by atoms with Crippen molar-refractivity contribution in [3.8, 4) is 5.75 Å². The van der Waals surface area contributed by atoms with E-state index in [0.717, 1.165) is 23.8 Å². The third-order valence-corrected chi connectivity index (χ3v) is 2.97. The van der Waals surface area contributed by atoms with Crippen molar-refractivity contribution in [2.24, 2.45) is 0 Å². The minimum Gasteiger partial charge on any atom is -0.497 e. The van der Waals surface area contributed by atoms with Crippen LogP contribution in [0.25, 0.3) is 0 Å². The van der Waals surface area contributed by atoms with E-state index in [1.165, 1.54) is 5.56 Å². The zero-order chi connectivity index (χ0) is 13.0. The zero-order valence-electron chi connectivity index (χ0n) is 11.1. The second-order valence-electron chi connectivity index (χ2n) is 4.39. The van der Waals surface area contributed by atoms with E-state index in [1.807, 2.05) is 37.3 Å². The summed E-state index contributed by atoms with van der Waals surface area (Å²) in [5.74, 6) is 2.79. The van der Waals surface area contributed by atoms with Crippen LogP contribution in [0.15, 0.2) is 40.8 Å². The monoisotopic (exact) mass is 245 g/mol. The van der Waals surface area contributed by atoms with Crippen LogP contribution in [0.2, 0.25) is 0 Å². The van der Waals surface area contributed by atoms with Crippen molar-refractivity contribution < 1.29 is 9.15 Å². The predicted octanol–water partition coefficient (Wildman–Crippen LogP) is 3.45. The number of rotatable bonds is 5. The van der Waals surface area contributed by atoms with Crippen LogP contribution in [-0.4, -0.2) is 7.11 Å². The number of hydrogen-bond acceptors (Lipinski definition) is 3. The first-order chi connectivity index (χ1) is 8.69. The van der Waals surface area contributed by atoms with E-state index in [4.69, 9.17) is 9.15 Å². The molecule has 2 rings (SSSR count). The first kappa shape index (κ1) is 12.7. The van der Waals surface area contributed by atoms with Gasteiger partial charge >= 0.3 is 0 Å². The summed E-state index contributed by atoms with van der Waals surface area (Å²) in [6, 6.07) is 12.3. The van der Waals surface area contributed by atoms with Crippen LogP contribution in [0.5, 0.6) is 5.75 Å². The molecule has 3 nitrogen and oxygen atoms in total. The van der Waals surface area contributed by atoms with Gasteiger partial charge < -0.3 is 14.5 Å². The van der Waals surface area contributed by atoms with Crippen LogP contribution in [0.3, 0.4) is 0 Å². The van der Waals surface area contributed by atoms with Crippen LogP contribution >= 0.6 is 0 Å². The summed E-state index contributed by atoms with van der Waals surface area (Å²) < 4.78 is 10.8. The maximum atomic E-state index is 5.53. The van der Waals surface area contributed by atoms with E-state index in [2.05, 4.69) is 18.3 Å². The Morgan fingerprint density at radius 3 is 2.78 bits per heavy atom. The lowest BCUT2D eigenvalue weighted by Crippen LogP contribution is -2.17. The normalized spacial score (nSPS) is 12.4. The average Bonchev–Trinajstić information content (AvgIpc) is 2.82. The number of aryl methyl sites for hydroxylation is 1. The van der Waals surface area contributed by atoms with Gasteiger partial charge in [0, 0.05) is 6.04 Å². The van der Waals surface area contributed by atoms with Gasteiger partial charge in [0.2, 0.25) is 0 Å². The van der Waals surface area contributed by atoms with E-state index in [0.29, 0.717) is 0 Å². The van der Waals surface area contributed by atoms with E-state index < -0.39 is 0 Å². The summed E-state index contributed by atoms with van der Waals surface area (Å²) in [6.07, 6.45) is 0. The fraction of sp³-hybridized carbons (Fsp3) is 0.333. The topological polar surface area (TPSA) is 34.4 Å². The summed E-state index contributed by atoms with van der Waals surface area (Å²) in [4.78, 5) is 0. The molecule has 0 bridgehead atoms. The molecule has 1 N–H and O–H groups in total. The van der Waals surface area contributed by atoms with Gasteiger partial charge in [0.15, 0.2) is 0 Å². The molecule has 0 fully saturated rings. The molecule has 1 atom stereocenters. The highest BCUT2D eigenvalue weighted by Crippen LogP contribution is 2.19. The molecule has 0 saturated carbocycles. The van der Waals surface area contributed by atoms with Gasteiger partial charge in [-0.25, -0.2) is 0 Å². The standard InChI is InChI=1S/C15H19NO2/c1-11-7-8-15(18-11)10-16-12(2)13-5-4-6-14(9-13)17-3/h4-9,12,16H,10H2,1-3H3/t12-/m1/s1. The summed E-state index contributed by atoms with van der Waals surface area (Å²) in [7, 11) is 1.68. The number of furan rings is 1. The molecule has 0 aliphatic carbocycles. The van der Waals surface area contributed by atoms with E-state index >= 15 is 0 Å². The van der Waals surface area contributed by atoms with E-state index in [9.17, 15) is 0 Å². The fourth-order valence-corrected chi connectivity index (χ4v) is 1.86. The van der Waals surface area contributed by atoms with Crippen molar-refractivity contribution in [1.82, 2.24) is 5.32 Å². The van der Waals surface area contributed by atoms with Gasteiger partial charge in [-0.3, -0.25) is 0 Å². The van der Waals surface area contributed by atoms with Crippen LogP contribution in [-0.2, 0) is 6.54 Å². The average molecular weight is 245 g/mol. The number of hydrogen-bond donors (Lipinski definition) is 1. The minimum absolute atomic E-state index is 0.255. The summed E-state index contributed by atoms with van der Waals surface area (Å²) in [5, 5.41) is 3.43. The molecular weight excluding hydrogens is 226 g/mol. The van der Waals surface area contributed by atoms with E-state index in [-0.39, 0.29) is 6.04 Å². The first-order valence-corrected chi connectivity index (χ1v) is 6.11. The molecule has 18 heavy (non-hydrogen) atoms. The zero-order valence-corrected chi connectivity index (χ0v) is 11.1. The SMILES string of the molecule is COc1cccc([C@@H](C)NCc2ccc(C)o2)c1. The summed E-state index contributed by atoms with van der Waals surface area (Å²) >= 11 is 0. The molecule has 1 aromatic carbocycles. The lowest BCUT2D eigenvalue weighted by Gasteiger charge is -2.14. The molecule has 0 saturated heterocycles. The summed E-state index contributed by atoms with van der Waals surface area (Å²) in [6.45, 7) is 4.81. The van der Waals surface area contributed by atoms with Crippen molar-refractivity contribution in [3.63, 3.8) is 0 Å². The Labute approximate surface area is 108 Å². The van der Waals surface area contributed by atoms with Gasteiger partial charge in [0.05, 0.1) is 13.7 Å². The highest BCUT2D eigenvalue weighted by atomic mass is 16.5. The van der Waals surface area contributed by atoms with Crippen molar-refractivity contribution in [2.45, 2.75) is 26.4 Å². The number of benzene rings is 1. The molecular formula is C15H19NO2. The maximum absolute atomic E-state index is 5.53. The second kappa shape index (κ2) is 5.74. The van der Waals surface area contributed by atoms with Crippen molar-refractivity contribution in [1.29, 1.82) is 0 Å². The Morgan fingerprint density at radius 1 is 1.28 bits per heavy atom. The Kier molecular flexibility index (Phi) is 4.05. The van der Waals surface area contributed by atoms with E-state index in [1.54, 1.807) is 7.11 Å². The van der Waals surface area contributed by atoms with Gasteiger partial charge in [-0.2, -0.15) is 0 Å². The number of methoxy groups -OCH3 is 1. The second-order valence-corrected chi connectivity index (χ2v) is 4.39. The molecule has 96 valence electrons. The van der Waals surface area contributed by atoms with Gasteiger partial charge in [0.25, 0.3) is 0 Å². The van der Waals surface area contributed by atoms with Crippen LogP contribution < -0.4 is 10.1 Å². The molecule has 0 amide bonds. The minimum atomic E-state index is 0.255. The molecule has 3 heteroatoms. The largest absolute Gasteiger partial charge is 0.497 e. The maximum Gasteiger partial charge on any atom is 0.119 e. The molecule has 2 aromatic rings.